The van der Waals surface area contributed by atoms with Gasteiger partial charge in [0, 0.05) is 6.04 Å². The van der Waals surface area contributed by atoms with Gasteiger partial charge in [0.05, 0.1) is 6.10 Å². The second-order valence-corrected chi connectivity index (χ2v) is 4.18. The fourth-order valence-electron chi connectivity index (χ4n) is 1.35. The average molecular weight is 193 g/mol. The Balaban J connectivity index is 2.78. The van der Waals surface area contributed by atoms with Gasteiger partial charge in [-0.2, -0.15) is 0 Å². The van der Waals surface area contributed by atoms with Crippen molar-refractivity contribution in [3.05, 3.63) is 35.4 Å². The van der Waals surface area contributed by atoms with Gasteiger partial charge in [-0.1, -0.05) is 43.7 Å². The number of aliphatic hydroxyl groups is 1. The van der Waals surface area contributed by atoms with Crippen molar-refractivity contribution in [1.82, 2.24) is 0 Å². The third-order valence-electron chi connectivity index (χ3n) is 2.55. The van der Waals surface area contributed by atoms with Gasteiger partial charge in [0.2, 0.25) is 0 Å². The highest BCUT2D eigenvalue weighted by Gasteiger charge is 2.19. The topological polar surface area (TPSA) is 46.2 Å². The molecule has 14 heavy (non-hydrogen) atoms. The van der Waals surface area contributed by atoms with Gasteiger partial charge in [0.15, 0.2) is 0 Å². The van der Waals surface area contributed by atoms with E-state index in [0.29, 0.717) is 0 Å². The highest BCUT2D eigenvalue weighted by molar-refractivity contribution is 5.24. The lowest BCUT2D eigenvalue weighted by atomic mass is 9.94. The van der Waals surface area contributed by atoms with Crippen molar-refractivity contribution in [2.24, 2.45) is 11.7 Å². The first-order valence-electron chi connectivity index (χ1n) is 5.02. The van der Waals surface area contributed by atoms with Gasteiger partial charge in [0.25, 0.3) is 0 Å². The Kier molecular flexibility index (Phi) is 3.67. The molecule has 0 aliphatic rings. The Hall–Kier alpha value is -0.860. The summed E-state index contributed by atoms with van der Waals surface area (Å²) in [6, 6.07) is 7.65. The third kappa shape index (κ3) is 2.56. The Morgan fingerprint density at radius 2 is 1.64 bits per heavy atom. The van der Waals surface area contributed by atoms with Crippen LogP contribution in [0.4, 0.5) is 0 Å². The second kappa shape index (κ2) is 4.58. The summed E-state index contributed by atoms with van der Waals surface area (Å²) in [6.45, 7) is 6.06. The maximum Gasteiger partial charge on any atom is 0.0943 e. The molecule has 0 aliphatic heterocycles. The minimum atomic E-state index is -0.560. The number of rotatable bonds is 3. The summed E-state index contributed by atoms with van der Waals surface area (Å²) in [5.74, 6) is 0.284. The molecule has 78 valence electrons. The molecule has 0 fully saturated rings. The molecule has 1 rings (SSSR count). The van der Waals surface area contributed by atoms with Crippen LogP contribution in [0, 0.1) is 12.8 Å². The summed E-state index contributed by atoms with van der Waals surface area (Å²) in [7, 11) is 0. The SMILES string of the molecule is Cc1ccc([C@H](O)[C@H](N)C(C)C)cc1. The Morgan fingerprint density at radius 1 is 1.14 bits per heavy atom. The Bertz CT molecular complexity index is 279. The number of hydrogen-bond acceptors (Lipinski definition) is 2. The van der Waals surface area contributed by atoms with Crippen LogP contribution in [0.25, 0.3) is 0 Å². The summed E-state index contributed by atoms with van der Waals surface area (Å²) in [6.07, 6.45) is -0.560. The van der Waals surface area contributed by atoms with Gasteiger partial charge in [-0.3, -0.25) is 0 Å². The number of nitrogens with two attached hydrogens (primary N) is 1. The molecule has 0 amide bonds. The lowest BCUT2D eigenvalue weighted by Gasteiger charge is -2.22. The molecule has 1 aromatic carbocycles. The molecule has 2 nitrogen and oxygen atoms in total. The second-order valence-electron chi connectivity index (χ2n) is 4.18. The van der Waals surface area contributed by atoms with Crippen LogP contribution >= 0.6 is 0 Å². The molecule has 0 aliphatic carbocycles. The smallest absolute Gasteiger partial charge is 0.0943 e. The highest BCUT2D eigenvalue weighted by Crippen LogP contribution is 2.20. The summed E-state index contributed by atoms with van der Waals surface area (Å²) >= 11 is 0. The quantitative estimate of drug-likeness (QED) is 0.771. The van der Waals surface area contributed by atoms with Crippen LogP contribution in [-0.4, -0.2) is 11.1 Å². The summed E-state index contributed by atoms with van der Waals surface area (Å²) in [4.78, 5) is 0. The van der Waals surface area contributed by atoms with E-state index in [0.717, 1.165) is 5.56 Å². The molecule has 1 aromatic rings. The number of aryl methyl sites for hydroxylation is 1. The van der Waals surface area contributed by atoms with Crippen LogP contribution in [-0.2, 0) is 0 Å². The van der Waals surface area contributed by atoms with Gasteiger partial charge >= 0.3 is 0 Å². The zero-order valence-corrected chi connectivity index (χ0v) is 9.07. The largest absolute Gasteiger partial charge is 0.387 e. The first kappa shape index (κ1) is 11.2. The van der Waals surface area contributed by atoms with Crippen molar-refractivity contribution in [3.63, 3.8) is 0 Å². The molecule has 0 unspecified atom stereocenters. The normalized spacial score (nSPS) is 15.6. The Labute approximate surface area is 85.8 Å². The summed E-state index contributed by atoms with van der Waals surface area (Å²) in [5, 5.41) is 9.93. The van der Waals surface area contributed by atoms with Gasteiger partial charge in [0.1, 0.15) is 0 Å². The number of benzene rings is 1. The lowest BCUT2D eigenvalue weighted by Crippen LogP contribution is -2.33. The van der Waals surface area contributed by atoms with Crippen LogP contribution < -0.4 is 5.73 Å². The molecule has 0 radical (unpaired) electrons. The van der Waals surface area contributed by atoms with Crippen LogP contribution in [0.5, 0.6) is 0 Å². The van der Waals surface area contributed by atoms with Crippen molar-refractivity contribution in [3.8, 4) is 0 Å². The third-order valence-corrected chi connectivity index (χ3v) is 2.55. The predicted molar refractivity (Wildman–Crippen MR) is 59.0 cm³/mol. The minimum absolute atomic E-state index is 0.197. The van der Waals surface area contributed by atoms with Crippen molar-refractivity contribution < 1.29 is 5.11 Å². The summed E-state index contributed by atoms with van der Waals surface area (Å²) in [5.41, 5.74) is 7.97. The lowest BCUT2D eigenvalue weighted by molar-refractivity contribution is 0.126. The molecule has 0 saturated heterocycles. The van der Waals surface area contributed by atoms with Crippen molar-refractivity contribution in [2.45, 2.75) is 32.9 Å². The zero-order chi connectivity index (χ0) is 10.7. The average Bonchev–Trinajstić information content (AvgIpc) is 2.16. The van der Waals surface area contributed by atoms with Gasteiger partial charge in [-0.15, -0.1) is 0 Å². The van der Waals surface area contributed by atoms with Crippen LogP contribution in [0.3, 0.4) is 0 Å². The van der Waals surface area contributed by atoms with E-state index in [4.69, 9.17) is 5.73 Å². The molecule has 2 atom stereocenters. The Morgan fingerprint density at radius 3 is 2.07 bits per heavy atom. The van der Waals surface area contributed by atoms with Crippen LogP contribution in [0.2, 0.25) is 0 Å². The minimum Gasteiger partial charge on any atom is -0.387 e. The van der Waals surface area contributed by atoms with E-state index in [-0.39, 0.29) is 12.0 Å². The molecule has 2 heteroatoms. The zero-order valence-electron chi connectivity index (χ0n) is 9.07. The van der Waals surface area contributed by atoms with E-state index in [1.54, 1.807) is 0 Å². The van der Waals surface area contributed by atoms with E-state index in [9.17, 15) is 5.11 Å². The maximum absolute atomic E-state index is 9.93. The first-order valence-corrected chi connectivity index (χ1v) is 5.02. The molecular weight excluding hydrogens is 174 g/mol. The molecular formula is C12H19NO. The first-order chi connectivity index (χ1) is 6.52. The van der Waals surface area contributed by atoms with E-state index < -0.39 is 6.10 Å². The maximum atomic E-state index is 9.93. The van der Waals surface area contributed by atoms with Gasteiger partial charge < -0.3 is 10.8 Å². The molecule has 0 aromatic heterocycles. The molecule has 0 heterocycles. The fourth-order valence-corrected chi connectivity index (χ4v) is 1.35. The fraction of sp³-hybridized carbons (Fsp3) is 0.500. The molecule has 0 spiro atoms. The van der Waals surface area contributed by atoms with Crippen molar-refractivity contribution in [2.75, 3.05) is 0 Å². The van der Waals surface area contributed by atoms with Crippen molar-refractivity contribution >= 4 is 0 Å². The molecule has 0 saturated carbocycles. The van der Waals surface area contributed by atoms with E-state index in [2.05, 4.69) is 0 Å². The monoisotopic (exact) mass is 193 g/mol. The predicted octanol–water partition coefficient (Wildman–Crippen LogP) is 2.01. The van der Waals surface area contributed by atoms with E-state index >= 15 is 0 Å². The number of aliphatic hydroxyl groups excluding tert-OH is 1. The summed E-state index contributed by atoms with van der Waals surface area (Å²) < 4.78 is 0. The van der Waals surface area contributed by atoms with E-state index in [1.807, 2.05) is 45.0 Å². The highest BCUT2D eigenvalue weighted by atomic mass is 16.3. The van der Waals surface area contributed by atoms with E-state index in [1.165, 1.54) is 5.56 Å². The van der Waals surface area contributed by atoms with Gasteiger partial charge in [-0.25, -0.2) is 0 Å². The van der Waals surface area contributed by atoms with Crippen LogP contribution in [0.15, 0.2) is 24.3 Å². The number of hydrogen-bond donors (Lipinski definition) is 2. The van der Waals surface area contributed by atoms with Gasteiger partial charge in [-0.05, 0) is 18.4 Å². The molecule has 3 N–H and O–H groups in total. The standard InChI is InChI=1S/C12H19NO/c1-8(2)11(13)12(14)10-6-4-9(3)5-7-10/h4-8,11-12,14H,13H2,1-3H3/t11-,12+/m1/s1. The van der Waals surface area contributed by atoms with Crippen molar-refractivity contribution in [1.29, 1.82) is 0 Å². The molecule has 0 bridgehead atoms. The van der Waals surface area contributed by atoms with Crippen LogP contribution in [0.1, 0.15) is 31.1 Å².